The molecule has 6 nitrogen and oxygen atoms in total. The van der Waals surface area contributed by atoms with E-state index in [1.807, 2.05) is 6.07 Å². The van der Waals surface area contributed by atoms with Crippen LogP contribution >= 0.6 is 11.6 Å². The third-order valence-corrected chi connectivity index (χ3v) is 3.73. The fourth-order valence-electron chi connectivity index (χ4n) is 2.29. The average Bonchev–Trinajstić information content (AvgIpc) is 2.63. The van der Waals surface area contributed by atoms with Gasteiger partial charge in [-0.3, -0.25) is 9.78 Å². The van der Waals surface area contributed by atoms with E-state index in [-0.39, 0.29) is 17.2 Å². The maximum Gasteiger partial charge on any atom is 0.270 e. The second-order valence-electron chi connectivity index (χ2n) is 5.11. The molecule has 2 N–H and O–H groups in total. The van der Waals surface area contributed by atoms with Crippen LogP contribution in [0.1, 0.15) is 5.56 Å². The van der Waals surface area contributed by atoms with Crippen LogP contribution in [0.25, 0.3) is 11.3 Å². The Morgan fingerprint density at radius 2 is 2.00 bits per heavy atom. The van der Waals surface area contributed by atoms with Gasteiger partial charge in [0.1, 0.15) is 17.4 Å². The first kappa shape index (κ1) is 16.6. The van der Waals surface area contributed by atoms with Crippen LogP contribution < -0.4 is 15.6 Å². The van der Waals surface area contributed by atoms with Crippen molar-refractivity contribution >= 4 is 23.2 Å². The van der Waals surface area contributed by atoms with Crippen LogP contribution in [0.3, 0.4) is 0 Å². The minimum atomic E-state index is -0.521. The summed E-state index contributed by atoms with van der Waals surface area (Å²) in [6.45, 7) is 0. The van der Waals surface area contributed by atoms with Crippen LogP contribution in [-0.4, -0.2) is 17.1 Å². The molecule has 1 aromatic heterocycles. The second kappa shape index (κ2) is 7.07. The number of halogens is 1. The van der Waals surface area contributed by atoms with Crippen molar-refractivity contribution in [3.05, 3.63) is 69.5 Å². The quantitative estimate of drug-likeness (QED) is 0.746. The third kappa shape index (κ3) is 3.62. The maximum atomic E-state index is 12.3. The van der Waals surface area contributed by atoms with Crippen molar-refractivity contribution in [2.75, 3.05) is 12.4 Å². The number of benzene rings is 2. The Labute approximate surface area is 148 Å². The van der Waals surface area contributed by atoms with E-state index in [4.69, 9.17) is 16.3 Å². The van der Waals surface area contributed by atoms with Crippen molar-refractivity contribution in [3.63, 3.8) is 0 Å². The van der Waals surface area contributed by atoms with Gasteiger partial charge in [0.25, 0.3) is 5.56 Å². The Morgan fingerprint density at radius 1 is 1.24 bits per heavy atom. The zero-order chi connectivity index (χ0) is 17.8. The summed E-state index contributed by atoms with van der Waals surface area (Å²) in [5.41, 5.74) is 1.01. The molecule has 0 aliphatic heterocycles. The lowest BCUT2D eigenvalue weighted by atomic mass is 10.1. The van der Waals surface area contributed by atoms with E-state index in [9.17, 15) is 10.1 Å². The topological polar surface area (TPSA) is 90.8 Å². The van der Waals surface area contributed by atoms with Crippen molar-refractivity contribution in [3.8, 4) is 23.1 Å². The van der Waals surface area contributed by atoms with Gasteiger partial charge < -0.3 is 10.1 Å². The summed E-state index contributed by atoms with van der Waals surface area (Å²) in [7, 11) is 1.54. The van der Waals surface area contributed by atoms with Crippen LogP contribution in [0.15, 0.2) is 53.3 Å². The summed E-state index contributed by atoms with van der Waals surface area (Å²) in [4.78, 5) is 19.2. The van der Waals surface area contributed by atoms with Gasteiger partial charge in [0.2, 0.25) is 5.95 Å². The van der Waals surface area contributed by atoms with E-state index < -0.39 is 5.56 Å². The van der Waals surface area contributed by atoms with E-state index >= 15 is 0 Å². The lowest BCUT2D eigenvalue weighted by Gasteiger charge is -2.09. The molecule has 7 heteroatoms. The minimum absolute atomic E-state index is 0.0603. The van der Waals surface area contributed by atoms with Gasteiger partial charge in [-0.15, -0.1) is 0 Å². The number of aromatic nitrogens is 2. The highest BCUT2D eigenvalue weighted by molar-refractivity contribution is 6.30. The van der Waals surface area contributed by atoms with Gasteiger partial charge in [0.15, 0.2) is 0 Å². The summed E-state index contributed by atoms with van der Waals surface area (Å²) in [5.74, 6) is 0.833. The van der Waals surface area contributed by atoms with Crippen molar-refractivity contribution in [1.29, 1.82) is 5.26 Å². The summed E-state index contributed by atoms with van der Waals surface area (Å²) >= 11 is 5.86. The number of nitrogens with one attached hydrogen (secondary N) is 2. The molecular formula is C18H13ClN4O2. The first-order valence-corrected chi connectivity index (χ1v) is 7.70. The Morgan fingerprint density at radius 3 is 2.68 bits per heavy atom. The maximum absolute atomic E-state index is 12.3. The number of hydrogen-bond donors (Lipinski definition) is 2. The zero-order valence-electron chi connectivity index (χ0n) is 13.2. The molecule has 2 aromatic carbocycles. The first-order chi connectivity index (χ1) is 12.1. The molecule has 0 amide bonds. The smallest absolute Gasteiger partial charge is 0.270 e. The predicted octanol–water partition coefficient (Wildman–Crippen LogP) is 3.71. The SMILES string of the molecule is COc1cccc(-c2nc(Nc3ccc(Cl)cc3)[nH]c(=O)c2C#N)c1. The second-order valence-corrected chi connectivity index (χ2v) is 5.55. The molecule has 0 spiro atoms. The van der Waals surface area contributed by atoms with Gasteiger partial charge >= 0.3 is 0 Å². The molecule has 0 unspecified atom stereocenters. The van der Waals surface area contributed by atoms with Crippen LogP contribution in [0.4, 0.5) is 11.6 Å². The first-order valence-electron chi connectivity index (χ1n) is 7.32. The highest BCUT2D eigenvalue weighted by Gasteiger charge is 2.14. The zero-order valence-corrected chi connectivity index (χ0v) is 14.0. The number of ether oxygens (including phenoxy) is 1. The van der Waals surface area contributed by atoms with Crippen molar-refractivity contribution in [2.45, 2.75) is 0 Å². The van der Waals surface area contributed by atoms with Gasteiger partial charge in [-0.05, 0) is 36.4 Å². The molecule has 3 rings (SSSR count). The Hall–Kier alpha value is -3.30. The minimum Gasteiger partial charge on any atom is -0.497 e. The Balaban J connectivity index is 2.07. The molecule has 25 heavy (non-hydrogen) atoms. The summed E-state index contributed by atoms with van der Waals surface area (Å²) in [5, 5.41) is 12.9. The number of H-pyrrole nitrogens is 1. The molecule has 3 aromatic rings. The van der Waals surface area contributed by atoms with Crippen molar-refractivity contribution in [2.24, 2.45) is 0 Å². The highest BCUT2D eigenvalue weighted by atomic mass is 35.5. The number of anilines is 2. The van der Waals surface area contributed by atoms with E-state index in [0.717, 1.165) is 0 Å². The number of methoxy groups -OCH3 is 1. The van der Waals surface area contributed by atoms with E-state index in [0.29, 0.717) is 22.0 Å². The number of nitrogens with zero attached hydrogens (tertiary/aromatic N) is 2. The molecule has 0 fully saturated rings. The normalized spacial score (nSPS) is 10.1. The van der Waals surface area contributed by atoms with Crippen LogP contribution in [-0.2, 0) is 0 Å². The van der Waals surface area contributed by atoms with Crippen LogP contribution in [0.2, 0.25) is 5.02 Å². The van der Waals surface area contributed by atoms with Crippen molar-refractivity contribution < 1.29 is 4.74 Å². The highest BCUT2D eigenvalue weighted by Crippen LogP contribution is 2.25. The molecular weight excluding hydrogens is 340 g/mol. The van der Waals surface area contributed by atoms with Crippen LogP contribution in [0.5, 0.6) is 5.75 Å². The summed E-state index contributed by atoms with van der Waals surface area (Å²) in [6.07, 6.45) is 0. The number of aromatic amines is 1. The van der Waals surface area contributed by atoms with Gasteiger partial charge in [-0.25, -0.2) is 4.98 Å². The standard InChI is InChI=1S/C18H13ClN4O2/c1-25-14-4-2-3-11(9-14)16-15(10-20)17(24)23-18(22-16)21-13-7-5-12(19)6-8-13/h2-9H,1H3,(H2,21,22,23,24). The van der Waals surface area contributed by atoms with Gasteiger partial charge in [0.05, 0.1) is 12.8 Å². The molecule has 0 atom stereocenters. The fraction of sp³-hybridized carbons (Fsp3) is 0.0556. The largest absolute Gasteiger partial charge is 0.497 e. The number of rotatable bonds is 4. The molecule has 0 radical (unpaired) electrons. The lowest BCUT2D eigenvalue weighted by molar-refractivity contribution is 0.415. The molecule has 0 bridgehead atoms. The monoisotopic (exact) mass is 352 g/mol. The van der Waals surface area contributed by atoms with Gasteiger partial charge in [-0.1, -0.05) is 23.7 Å². The molecule has 0 saturated heterocycles. The number of hydrogen-bond acceptors (Lipinski definition) is 5. The van der Waals surface area contributed by atoms with E-state index in [1.165, 1.54) is 0 Å². The molecule has 0 saturated carbocycles. The average molecular weight is 353 g/mol. The van der Waals surface area contributed by atoms with E-state index in [1.54, 1.807) is 55.6 Å². The molecule has 124 valence electrons. The summed E-state index contributed by atoms with van der Waals surface area (Å²) < 4.78 is 5.19. The molecule has 0 aliphatic carbocycles. The Bertz CT molecular complexity index is 1010. The van der Waals surface area contributed by atoms with Gasteiger partial charge in [0, 0.05) is 16.3 Å². The van der Waals surface area contributed by atoms with Crippen molar-refractivity contribution in [1.82, 2.24) is 9.97 Å². The summed E-state index contributed by atoms with van der Waals surface area (Å²) in [6, 6.07) is 15.9. The number of nitriles is 1. The van der Waals surface area contributed by atoms with Gasteiger partial charge in [-0.2, -0.15) is 5.26 Å². The molecule has 1 heterocycles. The lowest BCUT2D eigenvalue weighted by Crippen LogP contribution is -2.16. The fourth-order valence-corrected chi connectivity index (χ4v) is 2.41. The van der Waals surface area contributed by atoms with Crippen LogP contribution in [0, 0.1) is 11.3 Å². The predicted molar refractivity (Wildman–Crippen MR) is 96.3 cm³/mol. The third-order valence-electron chi connectivity index (χ3n) is 3.48. The Kier molecular flexibility index (Phi) is 4.68. The van der Waals surface area contributed by atoms with E-state index in [2.05, 4.69) is 15.3 Å². The molecule has 0 aliphatic rings.